The summed E-state index contributed by atoms with van der Waals surface area (Å²) >= 11 is 0. The van der Waals surface area contributed by atoms with E-state index in [2.05, 4.69) is 4.98 Å². The quantitative estimate of drug-likeness (QED) is 0.851. The van der Waals surface area contributed by atoms with Crippen molar-refractivity contribution in [2.24, 2.45) is 7.05 Å². The lowest BCUT2D eigenvalue weighted by Gasteiger charge is -2.34. The molecule has 9 heteroatoms. The van der Waals surface area contributed by atoms with Crippen LogP contribution < -0.4 is 0 Å². The smallest absolute Gasteiger partial charge is 0.270 e. The van der Waals surface area contributed by atoms with E-state index in [1.165, 1.54) is 16.6 Å². The molecule has 8 nitrogen and oxygen atoms in total. The number of rotatable bonds is 4. The Kier molecular flexibility index (Phi) is 4.83. The van der Waals surface area contributed by atoms with Gasteiger partial charge in [-0.3, -0.25) is 4.79 Å². The molecule has 0 aromatic carbocycles. The number of likely N-dealkylation sites (tertiary alicyclic amines) is 1. The van der Waals surface area contributed by atoms with Crippen LogP contribution in [0.15, 0.2) is 35.5 Å². The topological polar surface area (TPSA) is 87.6 Å². The summed E-state index contributed by atoms with van der Waals surface area (Å²) in [6.45, 7) is 2.38. The largest absolute Gasteiger partial charge is 0.378 e. The molecule has 1 N–H and O–H groups in total. The number of hydrogen-bond donors (Lipinski definition) is 1. The summed E-state index contributed by atoms with van der Waals surface area (Å²) in [7, 11) is -1.87. The van der Waals surface area contributed by atoms with Crippen LogP contribution in [0, 0.1) is 0 Å². The van der Waals surface area contributed by atoms with Crippen LogP contribution in [0.4, 0.5) is 0 Å². The molecule has 1 amide bonds. The van der Waals surface area contributed by atoms with E-state index in [1.54, 1.807) is 4.90 Å². The SMILES string of the molecule is Cn1cccc1C1COCCN1S(=O)(=O)c1c[nH]c(C(=O)N2CCCC2)c1. The molecule has 4 rings (SSSR count). The number of nitrogens with one attached hydrogen (secondary N) is 1. The monoisotopic (exact) mass is 392 g/mol. The number of amides is 1. The van der Waals surface area contributed by atoms with Crippen LogP contribution in [0.25, 0.3) is 0 Å². The fourth-order valence-electron chi connectivity index (χ4n) is 3.80. The number of morpholine rings is 1. The van der Waals surface area contributed by atoms with E-state index in [0.29, 0.717) is 18.9 Å². The Bertz CT molecular complexity index is 927. The lowest BCUT2D eigenvalue weighted by molar-refractivity contribution is 0.0296. The Morgan fingerprint density at radius 1 is 1.26 bits per heavy atom. The van der Waals surface area contributed by atoms with Crippen LogP contribution in [0.3, 0.4) is 0 Å². The number of aromatic nitrogens is 2. The van der Waals surface area contributed by atoms with E-state index in [9.17, 15) is 13.2 Å². The van der Waals surface area contributed by atoms with Gasteiger partial charge >= 0.3 is 0 Å². The highest BCUT2D eigenvalue weighted by atomic mass is 32.2. The second-order valence-corrected chi connectivity index (χ2v) is 8.89. The predicted octanol–water partition coefficient (Wildman–Crippen LogP) is 1.35. The first-order chi connectivity index (χ1) is 13.0. The molecule has 2 saturated heterocycles. The molecule has 2 aromatic rings. The minimum Gasteiger partial charge on any atom is -0.378 e. The van der Waals surface area contributed by atoms with Crippen LogP contribution in [0.1, 0.15) is 35.1 Å². The van der Waals surface area contributed by atoms with Crippen LogP contribution in [-0.2, 0) is 21.8 Å². The van der Waals surface area contributed by atoms with Gasteiger partial charge in [0.05, 0.1) is 19.3 Å². The van der Waals surface area contributed by atoms with E-state index < -0.39 is 16.1 Å². The van der Waals surface area contributed by atoms with Crippen LogP contribution in [-0.4, -0.2) is 65.9 Å². The molecule has 1 unspecified atom stereocenters. The molecule has 4 heterocycles. The number of sulfonamides is 1. The van der Waals surface area contributed by atoms with Crippen molar-refractivity contribution >= 4 is 15.9 Å². The highest BCUT2D eigenvalue weighted by Crippen LogP contribution is 2.30. The number of nitrogens with zero attached hydrogens (tertiary/aromatic N) is 3. The van der Waals surface area contributed by atoms with Crippen molar-refractivity contribution in [1.29, 1.82) is 0 Å². The third-order valence-electron chi connectivity index (χ3n) is 5.29. The van der Waals surface area contributed by atoms with Gasteiger partial charge in [-0.15, -0.1) is 0 Å². The maximum atomic E-state index is 13.3. The first-order valence-corrected chi connectivity index (χ1v) is 10.6. The van der Waals surface area contributed by atoms with Crippen molar-refractivity contribution in [3.63, 3.8) is 0 Å². The van der Waals surface area contributed by atoms with Crippen LogP contribution in [0.2, 0.25) is 0 Å². The summed E-state index contributed by atoms with van der Waals surface area (Å²) in [6.07, 6.45) is 5.28. The van der Waals surface area contributed by atoms with Crippen molar-refractivity contribution in [2.45, 2.75) is 23.8 Å². The zero-order chi connectivity index (χ0) is 19.0. The zero-order valence-electron chi connectivity index (χ0n) is 15.3. The van der Waals surface area contributed by atoms with Gasteiger partial charge in [-0.1, -0.05) is 0 Å². The number of carbonyl (C=O) groups excluding carboxylic acids is 1. The number of hydrogen-bond acceptors (Lipinski definition) is 4. The molecule has 27 heavy (non-hydrogen) atoms. The molecule has 2 fully saturated rings. The van der Waals surface area contributed by atoms with Crippen molar-refractivity contribution in [3.8, 4) is 0 Å². The molecule has 146 valence electrons. The summed E-state index contributed by atoms with van der Waals surface area (Å²) in [6, 6.07) is 4.85. The van der Waals surface area contributed by atoms with E-state index >= 15 is 0 Å². The molecule has 0 spiro atoms. The summed E-state index contributed by atoms with van der Waals surface area (Å²) in [4.78, 5) is 17.2. The summed E-state index contributed by atoms with van der Waals surface area (Å²) in [5.41, 5.74) is 1.20. The molecule has 1 atom stereocenters. The third-order valence-corrected chi connectivity index (χ3v) is 7.18. The zero-order valence-corrected chi connectivity index (χ0v) is 16.1. The van der Waals surface area contributed by atoms with Gasteiger partial charge in [-0.25, -0.2) is 8.42 Å². The molecular formula is C18H24N4O4S. The Hall–Kier alpha value is -2.10. The fraction of sp³-hybridized carbons (Fsp3) is 0.500. The third kappa shape index (κ3) is 3.30. The Morgan fingerprint density at radius 3 is 2.74 bits per heavy atom. The highest BCUT2D eigenvalue weighted by molar-refractivity contribution is 7.89. The number of H-pyrrole nitrogens is 1. The lowest BCUT2D eigenvalue weighted by Crippen LogP contribution is -2.43. The van der Waals surface area contributed by atoms with Crippen molar-refractivity contribution in [2.75, 3.05) is 32.8 Å². The lowest BCUT2D eigenvalue weighted by atomic mass is 10.2. The maximum Gasteiger partial charge on any atom is 0.270 e. The van der Waals surface area contributed by atoms with E-state index in [0.717, 1.165) is 31.6 Å². The molecule has 0 bridgehead atoms. The van der Waals surface area contributed by atoms with E-state index in [1.807, 2.05) is 29.9 Å². The maximum absolute atomic E-state index is 13.3. The Balaban J connectivity index is 1.62. The average molecular weight is 392 g/mol. The Labute approximate surface area is 158 Å². The van der Waals surface area contributed by atoms with E-state index in [4.69, 9.17) is 4.74 Å². The Morgan fingerprint density at radius 2 is 2.04 bits per heavy atom. The van der Waals surface area contributed by atoms with Gasteiger partial charge in [-0.05, 0) is 31.0 Å². The van der Waals surface area contributed by atoms with Crippen molar-refractivity contribution in [1.82, 2.24) is 18.8 Å². The van der Waals surface area contributed by atoms with Crippen LogP contribution in [0.5, 0.6) is 0 Å². The molecule has 2 aromatic heterocycles. The van der Waals surface area contributed by atoms with Gasteiger partial charge in [0, 0.05) is 44.8 Å². The first-order valence-electron chi connectivity index (χ1n) is 9.17. The van der Waals surface area contributed by atoms with Gasteiger partial charge in [0.2, 0.25) is 10.0 Å². The van der Waals surface area contributed by atoms with Crippen molar-refractivity contribution in [3.05, 3.63) is 42.0 Å². The standard InChI is InChI=1S/C18H24N4O4S/c1-20-6-4-5-16(20)17-13-26-10-9-22(17)27(24,25)14-11-15(19-12-14)18(23)21-7-2-3-8-21/h4-6,11-12,17,19H,2-3,7-10,13H2,1H3. The predicted molar refractivity (Wildman–Crippen MR) is 98.8 cm³/mol. The number of aromatic amines is 1. The fourth-order valence-corrected chi connectivity index (χ4v) is 5.37. The number of aryl methyl sites for hydroxylation is 1. The van der Waals surface area contributed by atoms with Gasteiger partial charge in [0.25, 0.3) is 5.91 Å². The number of ether oxygens (including phenoxy) is 1. The highest BCUT2D eigenvalue weighted by Gasteiger charge is 2.37. The minimum absolute atomic E-state index is 0.117. The normalized spacial score (nSPS) is 21.7. The molecule has 2 aliphatic rings. The molecule has 0 radical (unpaired) electrons. The van der Waals surface area contributed by atoms with Crippen molar-refractivity contribution < 1.29 is 17.9 Å². The molecule has 2 aliphatic heterocycles. The molecule has 0 saturated carbocycles. The van der Waals surface area contributed by atoms with Gasteiger partial charge < -0.3 is 19.2 Å². The van der Waals surface area contributed by atoms with E-state index in [-0.39, 0.29) is 17.3 Å². The summed E-state index contributed by atoms with van der Waals surface area (Å²) in [5, 5.41) is 0. The second kappa shape index (κ2) is 7.14. The second-order valence-electron chi connectivity index (χ2n) is 7.00. The van der Waals surface area contributed by atoms with Gasteiger partial charge in [0.15, 0.2) is 0 Å². The summed E-state index contributed by atoms with van der Waals surface area (Å²) in [5.74, 6) is -0.144. The van der Waals surface area contributed by atoms with Crippen LogP contribution >= 0.6 is 0 Å². The molecular weight excluding hydrogens is 368 g/mol. The first kappa shape index (κ1) is 18.3. The molecule has 0 aliphatic carbocycles. The minimum atomic E-state index is -3.75. The van der Waals surface area contributed by atoms with Gasteiger partial charge in [-0.2, -0.15) is 4.31 Å². The summed E-state index contributed by atoms with van der Waals surface area (Å²) < 4.78 is 35.5. The van der Waals surface area contributed by atoms with Gasteiger partial charge in [0.1, 0.15) is 10.6 Å². The number of carbonyl (C=O) groups is 1. The average Bonchev–Trinajstić information content (AvgIpc) is 3.42.